The van der Waals surface area contributed by atoms with Crippen molar-refractivity contribution < 1.29 is 14.2 Å². The normalized spacial score (nSPS) is 20.8. The third kappa shape index (κ3) is 5.73. The quantitative estimate of drug-likeness (QED) is 0.458. The van der Waals surface area contributed by atoms with Crippen LogP contribution in [0.3, 0.4) is 0 Å². The van der Waals surface area contributed by atoms with Crippen LogP contribution in [0.15, 0.2) is 36.4 Å². The van der Waals surface area contributed by atoms with E-state index in [0.717, 1.165) is 49.8 Å². The average molecular weight is 488 g/mol. The molecule has 0 bridgehead atoms. The summed E-state index contributed by atoms with van der Waals surface area (Å²) in [5.74, 6) is 2.40. The van der Waals surface area contributed by atoms with Gasteiger partial charge in [0.05, 0.1) is 25.8 Å². The molecule has 2 atom stereocenters. The van der Waals surface area contributed by atoms with Crippen molar-refractivity contribution in [1.82, 2.24) is 9.80 Å². The molecule has 0 radical (unpaired) electrons. The Balaban J connectivity index is 1.44. The van der Waals surface area contributed by atoms with E-state index >= 15 is 0 Å². The van der Waals surface area contributed by atoms with Crippen molar-refractivity contribution in [3.63, 3.8) is 0 Å². The molecule has 0 spiro atoms. The van der Waals surface area contributed by atoms with Gasteiger partial charge in [-0.15, -0.1) is 0 Å². The van der Waals surface area contributed by atoms with E-state index in [1.165, 1.54) is 30.5 Å². The third-order valence-electron chi connectivity index (χ3n) is 7.02. The van der Waals surface area contributed by atoms with Crippen LogP contribution in [0.5, 0.6) is 17.2 Å². The molecule has 6 nitrogen and oxygen atoms in total. The van der Waals surface area contributed by atoms with Crippen LogP contribution >= 0.6 is 11.6 Å². The first-order valence-electron chi connectivity index (χ1n) is 12.3. The van der Waals surface area contributed by atoms with Crippen molar-refractivity contribution >= 4 is 17.3 Å². The molecule has 0 saturated carbocycles. The fourth-order valence-electron chi connectivity index (χ4n) is 5.26. The predicted molar refractivity (Wildman–Crippen MR) is 139 cm³/mol. The first kappa shape index (κ1) is 25.0. The standard InChI is InChI=1S/C27H38ClN3O3/c1-29(2)13-6-16-34-25-12-9-20(17-27(25)33-4)24-8-5-7-22-19-30(14-15-31(22)24)21-10-11-23(28)26(18-21)32-3/h9-12,17-18,22,24H,5-8,13-16,19H2,1-4H3/t22-,24+/m0/s1. The number of fused-ring (bicyclic) bond motifs is 1. The molecule has 2 aliphatic rings. The number of hydrogen-bond donors (Lipinski definition) is 0. The lowest BCUT2D eigenvalue weighted by Gasteiger charge is -2.49. The van der Waals surface area contributed by atoms with Crippen LogP contribution in [0.1, 0.15) is 37.3 Å². The van der Waals surface area contributed by atoms with Crippen molar-refractivity contribution in [3.05, 3.63) is 47.0 Å². The highest BCUT2D eigenvalue weighted by Gasteiger charge is 2.36. The van der Waals surface area contributed by atoms with E-state index in [2.05, 4.69) is 59.1 Å². The molecule has 0 aliphatic carbocycles. The van der Waals surface area contributed by atoms with Gasteiger partial charge >= 0.3 is 0 Å². The lowest BCUT2D eigenvalue weighted by Crippen LogP contribution is -2.55. The second-order valence-electron chi connectivity index (χ2n) is 9.52. The third-order valence-corrected chi connectivity index (χ3v) is 7.34. The average Bonchev–Trinajstić information content (AvgIpc) is 2.86. The zero-order valence-electron chi connectivity index (χ0n) is 20.9. The van der Waals surface area contributed by atoms with E-state index in [1.807, 2.05) is 6.07 Å². The van der Waals surface area contributed by atoms with Gasteiger partial charge in [0.15, 0.2) is 11.5 Å². The molecule has 2 aromatic carbocycles. The smallest absolute Gasteiger partial charge is 0.161 e. The van der Waals surface area contributed by atoms with Gasteiger partial charge in [0, 0.05) is 50.0 Å². The van der Waals surface area contributed by atoms with Crippen molar-refractivity contribution in [2.45, 2.75) is 37.8 Å². The first-order valence-corrected chi connectivity index (χ1v) is 12.7. The van der Waals surface area contributed by atoms with E-state index < -0.39 is 0 Å². The minimum absolute atomic E-state index is 0.414. The number of piperidine rings is 1. The summed E-state index contributed by atoms with van der Waals surface area (Å²) < 4.78 is 17.2. The van der Waals surface area contributed by atoms with Crippen molar-refractivity contribution in [3.8, 4) is 17.2 Å². The number of methoxy groups -OCH3 is 2. The van der Waals surface area contributed by atoms with E-state index in [-0.39, 0.29) is 0 Å². The van der Waals surface area contributed by atoms with Crippen molar-refractivity contribution in [2.24, 2.45) is 0 Å². The molecule has 4 rings (SSSR count). The van der Waals surface area contributed by atoms with Gasteiger partial charge < -0.3 is 24.0 Å². The van der Waals surface area contributed by atoms with Gasteiger partial charge in [0.2, 0.25) is 0 Å². The summed E-state index contributed by atoms with van der Waals surface area (Å²) >= 11 is 6.24. The number of benzene rings is 2. The zero-order chi connectivity index (χ0) is 24.1. The van der Waals surface area contributed by atoms with Gasteiger partial charge in [-0.1, -0.05) is 17.7 Å². The first-order chi connectivity index (χ1) is 16.5. The Morgan fingerprint density at radius 2 is 1.79 bits per heavy atom. The highest BCUT2D eigenvalue weighted by molar-refractivity contribution is 6.32. The van der Waals surface area contributed by atoms with Crippen LogP contribution in [0.2, 0.25) is 5.02 Å². The summed E-state index contributed by atoms with van der Waals surface area (Å²) in [4.78, 5) is 7.33. The SMILES string of the molecule is COc1cc(N2CCN3[C@@H](CCC[C@@H]3c3ccc(OCCCN(C)C)c(OC)c3)C2)ccc1Cl. The summed E-state index contributed by atoms with van der Waals surface area (Å²) in [6.45, 7) is 4.74. The molecule has 34 heavy (non-hydrogen) atoms. The molecular weight excluding hydrogens is 450 g/mol. The highest BCUT2D eigenvalue weighted by atomic mass is 35.5. The Hall–Kier alpha value is -2.15. The maximum atomic E-state index is 6.24. The van der Waals surface area contributed by atoms with Crippen molar-refractivity contribution in [2.75, 3.05) is 66.0 Å². The van der Waals surface area contributed by atoms with E-state index in [0.29, 0.717) is 23.7 Å². The highest BCUT2D eigenvalue weighted by Crippen LogP contribution is 2.40. The lowest BCUT2D eigenvalue weighted by atomic mass is 9.89. The molecule has 7 heteroatoms. The Kier molecular flexibility index (Phi) is 8.46. The molecule has 186 valence electrons. The van der Waals surface area contributed by atoms with Gasteiger partial charge in [-0.2, -0.15) is 0 Å². The number of piperazine rings is 1. The molecule has 2 heterocycles. The molecule has 0 N–H and O–H groups in total. The topological polar surface area (TPSA) is 37.4 Å². The maximum Gasteiger partial charge on any atom is 0.161 e. The molecular formula is C27H38ClN3O3. The zero-order valence-corrected chi connectivity index (χ0v) is 21.7. The lowest BCUT2D eigenvalue weighted by molar-refractivity contribution is 0.0715. The van der Waals surface area contributed by atoms with E-state index in [4.69, 9.17) is 25.8 Å². The molecule has 2 fully saturated rings. The van der Waals surface area contributed by atoms with Crippen LogP contribution in [0.25, 0.3) is 0 Å². The minimum atomic E-state index is 0.414. The van der Waals surface area contributed by atoms with Gasteiger partial charge in [-0.05, 0) is 69.6 Å². The monoisotopic (exact) mass is 487 g/mol. The Morgan fingerprint density at radius 1 is 0.971 bits per heavy atom. The fourth-order valence-corrected chi connectivity index (χ4v) is 5.46. The van der Waals surface area contributed by atoms with Crippen LogP contribution in [0, 0.1) is 0 Å². The van der Waals surface area contributed by atoms with Gasteiger partial charge in [-0.3, -0.25) is 4.90 Å². The molecule has 0 amide bonds. The molecule has 0 aromatic heterocycles. The van der Waals surface area contributed by atoms with E-state index in [1.54, 1.807) is 14.2 Å². The summed E-state index contributed by atoms with van der Waals surface area (Å²) in [6, 6.07) is 13.5. The summed E-state index contributed by atoms with van der Waals surface area (Å²) in [7, 11) is 7.57. The number of rotatable bonds is 9. The Labute approximate surface area is 209 Å². The molecule has 2 saturated heterocycles. The minimum Gasteiger partial charge on any atom is -0.495 e. The van der Waals surface area contributed by atoms with Gasteiger partial charge in [0.25, 0.3) is 0 Å². The summed E-state index contributed by atoms with van der Waals surface area (Å²) in [5, 5.41) is 0.654. The Morgan fingerprint density at radius 3 is 2.56 bits per heavy atom. The van der Waals surface area contributed by atoms with Crippen LogP contribution in [0.4, 0.5) is 5.69 Å². The number of anilines is 1. The fraction of sp³-hybridized carbons (Fsp3) is 0.556. The number of halogens is 1. The predicted octanol–water partition coefficient (Wildman–Crippen LogP) is 5.10. The number of ether oxygens (including phenoxy) is 3. The molecule has 0 unspecified atom stereocenters. The van der Waals surface area contributed by atoms with Crippen LogP contribution < -0.4 is 19.1 Å². The van der Waals surface area contributed by atoms with E-state index in [9.17, 15) is 0 Å². The van der Waals surface area contributed by atoms with Crippen molar-refractivity contribution in [1.29, 1.82) is 0 Å². The van der Waals surface area contributed by atoms with Gasteiger partial charge in [0.1, 0.15) is 5.75 Å². The van der Waals surface area contributed by atoms with Crippen LogP contribution in [-0.4, -0.2) is 76.9 Å². The summed E-state index contributed by atoms with van der Waals surface area (Å²) in [5.41, 5.74) is 2.50. The Bertz CT molecular complexity index is 955. The largest absolute Gasteiger partial charge is 0.495 e. The maximum absolute atomic E-state index is 6.24. The van der Waals surface area contributed by atoms with Crippen LogP contribution in [-0.2, 0) is 0 Å². The summed E-state index contributed by atoms with van der Waals surface area (Å²) in [6.07, 6.45) is 4.63. The molecule has 2 aliphatic heterocycles. The second kappa shape index (κ2) is 11.5. The second-order valence-corrected chi connectivity index (χ2v) is 9.93. The molecule has 2 aromatic rings. The number of hydrogen-bond acceptors (Lipinski definition) is 6. The number of nitrogens with zero attached hydrogens (tertiary/aromatic N) is 3. The van der Waals surface area contributed by atoms with Gasteiger partial charge in [-0.25, -0.2) is 0 Å².